The maximum Gasteiger partial charge on any atom is 0.313 e. The van der Waals surface area contributed by atoms with Crippen LogP contribution >= 0.6 is 0 Å². The number of urea groups is 1. The van der Waals surface area contributed by atoms with Gasteiger partial charge in [0.05, 0.1) is 6.17 Å². The summed E-state index contributed by atoms with van der Waals surface area (Å²) >= 11 is 0. The van der Waals surface area contributed by atoms with Gasteiger partial charge in [0.15, 0.2) is 0 Å². The van der Waals surface area contributed by atoms with Gasteiger partial charge in [-0.05, 0) is 19.1 Å². The van der Waals surface area contributed by atoms with Gasteiger partial charge in [0.1, 0.15) is 0 Å². The molecule has 4 nitrogen and oxygen atoms in total. The highest BCUT2D eigenvalue weighted by Crippen LogP contribution is 2.05. The maximum atomic E-state index is 10.5. The molecule has 1 aromatic rings. The second kappa shape index (κ2) is 4.35. The number of benzene rings is 1. The van der Waals surface area contributed by atoms with E-state index in [1.54, 1.807) is 0 Å². The van der Waals surface area contributed by atoms with Gasteiger partial charge in [-0.25, -0.2) is 4.79 Å². The van der Waals surface area contributed by atoms with Gasteiger partial charge < -0.3 is 16.4 Å². The van der Waals surface area contributed by atoms with E-state index in [9.17, 15) is 4.79 Å². The zero-order valence-corrected chi connectivity index (χ0v) is 7.45. The Morgan fingerprint density at radius 3 is 2.54 bits per heavy atom. The van der Waals surface area contributed by atoms with E-state index in [1.807, 2.05) is 37.3 Å². The van der Waals surface area contributed by atoms with Crippen molar-refractivity contribution in [3.63, 3.8) is 0 Å². The second-order valence-corrected chi connectivity index (χ2v) is 2.74. The molecular weight excluding hydrogens is 166 g/mol. The van der Waals surface area contributed by atoms with Crippen LogP contribution in [0.25, 0.3) is 0 Å². The molecule has 0 radical (unpaired) electrons. The van der Waals surface area contributed by atoms with Crippen LogP contribution in [-0.2, 0) is 0 Å². The summed E-state index contributed by atoms with van der Waals surface area (Å²) in [4.78, 5) is 10.5. The molecule has 0 aromatic heterocycles. The molecule has 13 heavy (non-hydrogen) atoms. The standard InChI is InChI=1S/C9H13N3O/c1-7(12-9(10)13)11-8-5-3-2-4-6-8/h2-7,11H,1H3,(H3,10,12,13). The zero-order valence-electron chi connectivity index (χ0n) is 7.45. The summed E-state index contributed by atoms with van der Waals surface area (Å²) in [6, 6.07) is 9.06. The number of anilines is 1. The zero-order chi connectivity index (χ0) is 9.68. The summed E-state index contributed by atoms with van der Waals surface area (Å²) in [5.74, 6) is 0. The van der Waals surface area contributed by atoms with Crippen LogP contribution in [0.3, 0.4) is 0 Å². The van der Waals surface area contributed by atoms with Crippen LogP contribution in [0.2, 0.25) is 0 Å². The van der Waals surface area contributed by atoms with E-state index in [-0.39, 0.29) is 6.17 Å². The predicted molar refractivity (Wildman–Crippen MR) is 52.2 cm³/mol. The van der Waals surface area contributed by atoms with Crippen LogP contribution in [0, 0.1) is 0 Å². The van der Waals surface area contributed by atoms with E-state index >= 15 is 0 Å². The van der Waals surface area contributed by atoms with Crippen LogP contribution < -0.4 is 16.4 Å². The van der Waals surface area contributed by atoms with E-state index in [1.165, 1.54) is 0 Å². The Morgan fingerprint density at radius 2 is 2.00 bits per heavy atom. The van der Waals surface area contributed by atoms with Gasteiger partial charge in [0, 0.05) is 5.69 Å². The average Bonchev–Trinajstić information content (AvgIpc) is 2.04. The molecule has 1 unspecified atom stereocenters. The van der Waals surface area contributed by atoms with E-state index in [0.29, 0.717) is 0 Å². The molecule has 0 aliphatic carbocycles. The minimum absolute atomic E-state index is 0.167. The fourth-order valence-corrected chi connectivity index (χ4v) is 1.03. The molecule has 1 atom stereocenters. The van der Waals surface area contributed by atoms with E-state index < -0.39 is 6.03 Å². The number of hydrogen-bond acceptors (Lipinski definition) is 2. The maximum absolute atomic E-state index is 10.5. The number of hydrogen-bond donors (Lipinski definition) is 3. The Kier molecular flexibility index (Phi) is 3.14. The Labute approximate surface area is 77.1 Å². The van der Waals surface area contributed by atoms with Gasteiger partial charge in [0.2, 0.25) is 0 Å². The fourth-order valence-electron chi connectivity index (χ4n) is 1.03. The number of rotatable bonds is 3. The molecule has 0 heterocycles. The first-order valence-corrected chi connectivity index (χ1v) is 4.06. The third-order valence-corrected chi connectivity index (χ3v) is 1.52. The lowest BCUT2D eigenvalue weighted by Gasteiger charge is -2.14. The van der Waals surface area contributed by atoms with Crippen molar-refractivity contribution in [1.82, 2.24) is 5.32 Å². The van der Waals surface area contributed by atoms with Gasteiger partial charge in [-0.15, -0.1) is 0 Å². The summed E-state index contributed by atoms with van der Waals surface area (Å²) in [7, 11) is 0. The van der Waals surface area contributed by atoms with Crippen LogP contribution in [-0.4, -0.2) is 12.2 Å². The molecule has 0 aliphatic rings. The Morgan fingerprint density at radius 1 is 1.38 bits per heavy atom. The van der Waals surface area contributed by atoms with Gasteiger partial charge in [0.25, 0.3) is 0 Å². The van der Waals surface area contributed by atoms with Gasteiger partial charge in [-0.1, -0.05) is 18.2 Å². The highest BCUT2D eigenvalue weighted by Gasteiger charge is 2.01. The molecular formula is C9H13N3O. The summed E-state index contributed by atoms with van der Waals surface area (Å²) in [6.07, 6.45) is -0.167. The molecule has 4 heteroatoms. The Balaban J connectivity index is 2.45. The third kappa shape index (κ3) is 3.46. The average molecular weight is 179 g/mol. The number of nitrogens with two attached hydrogens (primary N) is 1. The molecule has 0 spiro atoms. The molecule has 70 valence electrons. The molecule has 4 N–H and O–H groups in total. The molecule has 1 aromatic carbocycles. The number of carbonyl (C=O) groups excluding carboxylic acids is 1. The first-order valence-electron chi connectivity index (χ1n) is 4.06. The monoisotopic (exact) mass is 179 g/mol. The number of primary amides is 1. The lowest BCUT2D eigenvalue weighted by Crippen LogP contribution is -2.41. The molecule has 0 fully saturated rings. The smallest absolute Gasteiger partial charge is 0.313 e. The minimum atomic E-state index is -0.532. The largest absolute Gasteiger partial charge is 0.365 e. The first kappa shape index (κ1) is 9.38. The number of amides is 2. The van der Waals surface area contributed by atoms with Crippen LogP contribution in [0.5, 0.6) is 0 Å². The Hall–Kier alpha value is -1.71. The highest BCUT2D eigenvalue weighted by molar-refractivity contribution is 5.72. The van der Waals surface area contributed by atoms with E-state index in [4.69, 9.17) is 5.73 Å². The summed E-state index contributed by atoms with van der Waals surface area (Å²) < 4.78 is 0. The van der Waals surface area contributed by atoms with Crippen LogP contribution in [0.4, 0.5) is 10.5 Å². The molecule has 0 aliphatic heterocycles. The van der Waals surface area contributed by atoms with Gasteiger partial charge >= 0.3 is 6.03 Å². The van der Waals surface area contributed by atoms with Crippen LogP contribution in [0.1, 0.15) is 6.92 Å². The molecule has 1 rings (SSSR count). The summed E-state index contributed by atoms with van der Waals surface area (Å²) in [6.45, 7) is 1.82. The molecule has 0 bridgehead atoms. The van der Waals surface area contributed by atoms with Gasteiger partial charge in [-0.2, -0.15) is 0 Å². The molecule has 0 saturated carbocycles. The first-order chi connectivity index (χ1) is 6.18. The molecule has 2 amide bonds. The van der Waals surface area contributed by atoms with Crippen molar-refractivity contribution in [2.45, 2.75) is 13.1 Å². The fraction of sp³-hybridized carbons (Fsp3) is 0.222. The SMILES string of the molecule is CC(NC(N)=O)Nc1ccccc1. The number of nitrogens with one attached hydrogen (secondary N) is 2. The summed E-state index contributed by atoms with van der Waals surface area (Å²) in [5, 5.41) is 5.58. The quantitative estimate of drug-likeness (QED) is 0.608. The lowest BCUT2D eigenvalue weighted by atomic mass is 10.3. The predicted octanol–water partition coefficient (Wildman–Crippen LogP) is 1.11. The number of para-hydroxylation sites is 1. The van der Waals surface area contributed by atoms with Crippen molar-refractivity contribution < 1.29 is 4.79 Å². The lowest BCUT2D eigenvalue weighted by molar-refractivity contribution is 0.247. The van der Waals surface area contributed by atoms with Crippen molar-refractivity contribution in [2.75, 3.05) is 5.32 Å². The van der Waals surface area contributed by atoms with Crippen molar-refractivity contribution in [3.8, 4) is 0 Å². The van der Waals surface area contributed by atoms with Crippen molar-refractivity contribution in [3.05, 3.63) is 30.3 Å². The van der Waals surface area contributed by atoms with Crippen molar-refractivity contribution in [2.24, 2.45) is 5.73 Å². The van der Waals surface area contributed by atoms with Crippen molar-refractivity contribution >= 4 is 11.7 Å². The normalized spacial score (nSPS) is 11.8. The molecule has 0 saturated heterocycles. The third-order valence-electron chi connectivity index (χ3n) is 1.52. The van der Waals surface area contributed by atoms with E-state index in [2.05, 4.69) is 10.6 Å². The highest BCUT2D eigenvalue weighted by atomic mass is 16.2. The Bertz CT molecular complexity index is 273. The minimum Gasteiger partial charge on any atom is -0.365 e. The second-order valence-electron chi connectivity index (χ2n) is 2.74. The van der Waals surface area contributed by atoms with Crippen molar-refractivity contribution in [1.29, 1.82) is 0 Å². The van der Waals surface area contributed by atoms with Gasteiger partial charge in [-0.3, -0.25) is 0 Å². The number of carbonyl (C=O) groups is 1. The topological polar surface area (TPSA) is 67.1 Å². The van der Waals surface area contributed by atoms with Crippen LogP contribution in [0.15, 0.2) is 30.3 Å². The summed E-state index contributed by atoms with van der Waals surface area (Å²) in [5.41, 5.74) is 5.90. The van der Waals surface area contributed by atoms with E-state index in [0.717, 1.165) is 5.69 Å².